The van der Waals surface area contributed by atoms with Gasteiger partial charge in [0.15, 0.2) is 15.6 Å². The molecule has 0 radical (unpaired) electrons. The van der Waals surface area contributed by atoms with Gasteiger partial charge < -0.3 is 9.64 Å². The monoisotopic (exact) mass is 608 g/mol. The van der Waals surface area contributed by atoms with E-state index in [1.54, 1.807) is 60.5 Å². The Morgan fingerprint density at radius 2 is 1.68 bits per heavy atom. The van der Waals surface area contributed by atoms with Crippen LogP contribution in [0.1, 0.15) is 61.6 Å². The number of amides is 1. The number of benzene rings is 2. The predicted molar refractivity (Wildman–Crippen MR) is 164 cm³/mol. The largest absolute Gasteiger partial charge is 0.490 e. The molecular formula is C34H32N4O5S. The number of hydrogen-bond acceptors (Lipinski definition) is 8. The van der Waals surface area contributed by atoms with Crippen LogP contribution in [0.2, 0.25) is 0 Å². The average molecular weight is 609 g/mol. The van der Waals surface area contributed by atoms with Crippen molar-refractivity contribution in [2.75, 3.05) is 19.3 Å². The van der Waals surface area contributed by atoms with Gasteiger partial charge in [-0.25, -0.2) is 8.42 Å². The first-order valence-corrected chi connectivity index (χ1v) is 16.2. The van der Waals surface area contributed by atoms with Crippen LogP contribution in [0.3, 0.4) is 0 Å². The van der Waals surface area contributed by atoms with Crippen molar-refractivity contribution < 1.29 is 22.7 Å². The number of nitriles is 1. The van der Waals surface area contributed by atoms with E-state index in [4.69, 9.17) is 10.00 Å². The fraction of sp³-hybridized carbons (Fsp3) is 0.265. The summed E-state index contributed by atoms with van der Waals surface area (Å²) in [6.45, 7) is 2.74. The van der Waals surface area contributed by atoms with Crippen molar-refractivity contribution in [1.82, 2.24) is 14.9 Å². The van der Waals surface area contributed by atoms with Gasteiger partial charge in [0.2, 0.25) is 0 Å². The Kier molecular flexibility index (Phi) is 9.16. The molecule has 4 aromatic rings. The Morgan fingerprint density at radius 1 is 0.955 bits per heavy atom. The molecule has 2 aromatic heterocycles. The van der Waals surface area contributed by atoms with Crippen molar-refractivity contribution in [1.29, 1.82) is 5.26 Å². The standard InChI is InChI=1S/C34H32N4O5S/c1-23-17-30(10-12-33(23)44(2,41)42)43-29-13-15-38(16-14-29)34(40)31-11-8-27(22-37-31)32(39)19-26-7-9-28(36-21-26)18-24-3-5-25(20-35)6-4-24/h3-12,17,21-22,29H,13-16,18-19H2,1-2H3. The van der Waals surface area contributed by atoms with Gasteiger partial charge in [0.1, 0.15) is 17.5 Å². The number of aryl methyl sites for hydroxylation is 1. The molecular weight excluding hydrogens is 576 g/mol. The van der Waals surface area contributed by atoms with Crippen LogP contribution in [-0.2, 0) is 22.7 Å². The minimum Gasteiger partial charge on any atom is -0.490 e. The van der Waals surface area contributed by atoms with Crippen LogP contribution in [0.4, 0.5) is 0 Å². The molecule has 0 unspecified atom stereocenters. The minimum absolute atomic E-state index is 0.0879. The average Bonchev–Trinajstić information content (AvgIpc) is 3.02. The highest BCUT2D eigenvalue weighted by Gasteiger charge is 2.26. The number of hydrogen-bond donors (Lipinski definition) is 0. The normalized spacial score (nSPS) is 13.7. The highest BCUT2D eigenvalue weighted by Crippen LogP contribution is 2.25. The second kappa shape index (κ2) is 13.2. The van der Waals surface area contributed by atoms with Crippen LogP contribution in [0.15, 0.2) is 84.0 Å². The van der Waals surface area contributed by atoms with Crippen LogP contribution in [-0.4, -0.2) is 60.4 Å². The Bertz CT molecular complexity index is 1810. The molecule has 1 fully saturated rings. The van der Waals surface area contributed by atoms with Crippen molar-refractivity contribution >= 4 is 21.5 Å². The van der Waals surface area contributed by atoms with E-state index in [2.05, 4.69) is 16.0 Å². The zero-order valence-electron chi connectivity index (χ0n) is 24.6. The van der Waals surface area contributed by atoms with Crippen molar-refractivity contribution in [3.05, 3.63) is 118 Å². The summed E-state index contributed by atoms with van der Waals surface area (Å²) in [7, 11) is -3.29. The van der Waals surface area contributed by atoms with E-state index in [0.29, 0.717) is 54.8 Å². The first-order valence-electron chi connectivity index (χ1n) is 14.3. The summed E-state index contributed by atoms with van der Waals surface area (Å²) in [6, 6.07) is 21.4. The molecule has 1 aliphatic heterocycles. The van der Waals surface area contributed by atoms with Crippen LogP contribution in [0, 0.1) is 18.3 Å². The molecule has 0 atom stereocenters. The van der Waals surface area contributed by atoms with Crippen LogP contribution < -0.4 is 4.74 Å². The van der Waals surface area contributed by atoms with Gasteiger partial charge in [-0.3, -0.25) is 19.6 Å². The first kappa shape index (κ1) is 30.6. The van der Waals surface area contributed by atoms with E-state index in [-0.39, 0.29) is 34.8 Å². The number of ether oxygens (including phenoxy) is 1. The molecule has 0 bridgehead atoms. The number of carbonyl (C=O) groups is 2. The lowest BCUT2D eigenvalue weighted by Crippen LogP contribution is -2.42. The van der Waals surface area contributed by atoms with E-state index in [9.17, 15) is 18.0 Å². The molecule has 5 rings (SSSR count). The van der Waals surface area contributed by atoms with Gasteiger partial charge in [0, 0.05) is 68.7 Å². The van der Waals surface area contributed by atoms with Crippen LogP contribution >= 0.6 is 0 Å². The second-order valence-electron chi connectivity index (χ2n) is 11.0. The fourth-order valence-corrected chi connectivity index (χ4v) is 6.14. The third-order valence-electron chi connectivity index (χ3n) is 7.60. The van der Waals surface area contributed by atoms with Gasteiger partial charge in [-0.05, 0) is 72.1 Å². The summed E-state index contributed by atoms with van der Waals surface area (Å²) >= 11 is 0. The molecule has 9 nitrogen and oxygen atoms in total. The van der Waals surface area contributed by atoms with Gasteiger partial charge in [-0.2, -0.15) is 5.26 Å². The third kappa shape index (κ3) is 7.54. The Morgan fingerprint density at radius 3 is 2.27 bits per heavy atom. The molecule has 0 spiro atoms. The zero-order chi connectivity index (χ0) is 31.3. The molecule has 0 aliphatic carbocycles. The predicted octanol–water partition coefficient (Wildman–Crippen LogP) is 4.76. The quantitative estimate of drug-likeness (QED) is 0.249. The van der Waals surface area contributed by atoms with Gasteiger partial charge in [0.05, 0.1) is 16.5 Å². The summed E-state index contributed by atoms with van der Waals surface area (Å²) < 4.78 is 29.8. The number of ketones is 1. The maximum atomic E-state index is 13.1. The Hall–Kier alpha value is -4.88. The van der Waals surface area contributed by atoms with Crippen LogP contribution in [0.25, 0.3) is 0 Å². The minimum atomic E-state index is -3.29. The molecule has 1 amide bonds. The Labute approximate surface area is 257 Å². The zero-order valence-corrected chi connectivity index (χ0v) is 25.4. The maximum Gasteiger partial charge on any atom is 0.272 e. The number of likely N-dealkylation sites (tertiary alicyclic amines) is 1. The lowest BCUT2D eigenvalue weighted by atomic mass is 10.0. The molecule has 0 N–H and O–H groups in total. The number of pyridine rings is 2. The molecule has 0 saturated carbocycles. The highest BCUT2D eigenvalue weighted by atomic mass is 32.2. The second-order valence-corrected chi connectivity index (χ2v) is 13.0. The van der Waals surface area contributed by atoms with Crippen molar-refractivity contribution in [2.24, 2.45) is 0 Å². The fourth-order valence-electron chi connectivity index (χ4n) is 5.19. The van der Waals surface area contributed by atoms with Crippen molar-refractivity contribution in [3.8, 4) is 11.8 Å². The molecule has 44 heavy (non-hydrogen) atoms. The molecule has 3 heterocycles. The first-order chi connectivity index (χ1) is 21.1. The number of carbonyl (C=O) groups excluding carboxylic acids is 2. The molecule has 10 heteroatoms. The summed E-state index contributed by atoms with van der Waals surface area (Å²) in [5, 5.41) is 8.94. The molecule has 224 valence electrons. The summed E-state index contributed by atoms with van der Waals surface area (Å²) in [6.07, 6.45) is 6.30. The third-order valence-corrected chi connectivity index (χ3v) is 8.86. The summed E-state index contributed by atoms with van der Waals surface area (Å²) in [4.78, 5) is 36.7. The maximum absolute atomic E-state index is 13.1. The van der Waals surface area contributed by atoms with Gasteiger partial charge in [0.25, 0.3) is 5.91 Å². The van der Waals surface area contributed by atoms with Crippen molar-refractivity contribution in [2.45, 2.75) is 43.6 Å². The molecule has 2 aromatic carbocycles. The number of nitrogens with zero attached hydrogens (tertiary/aromatic N) is 4. The summed E-state index contributed by atoms with van der Waals surface area (Å²) in [5.74, 6) is 0.296. The van der Waals surface area contributed by atoms with Gasteiger partial charge in [-0.1, -0.05) is 18.2 Å². The van der Waals surface area contributed by atoms with E-state index >= 15 is 0 Å². The number of Topliss-reactive ketones (excluding diaryl/α,β-unsaturated/α-hetero) is 1. The van der Waals surface area contributed by atoms with E-state index in [1.807, 2.05) is 24.3 Å². The Balaban J connectivity index is 1.11. The number of piperidine rings is 1. The van der Waals surface area contributed by atoms with E-state index in [1.165, 1.54) is 12.5 Å². The number of rotatable bonds is 9. The SMILES string of the molecule is Cc1cc(OC2CCN(C(=O)c3ccc(C(=O)Cc4ccc(Cc5ccc(C#N)cc5)nc4)cn3)CC2)ccc1S(C)(=O)=O. The smallest absolute Gasteiger partial charge is 0.272 e. The van der Waals surface area contributed by atoms with E-state index < -0.39 is 9.84 Å². The highest BCUT2D eigenvalue weighted by molar-refractivity contribution is 7.90. The lowest BCUT2D eigenvalue weighted by Gasteiger charge is -2.32. The summed E-state index contributed by atoms with van der Waals surface area (Å²) in [5.41, 5.74) is 4.65. The topological polar surface area (TPSA) is 130 Å². The lowest BCUT2D eigenvalue weighted by molar-refractivity contribution is 0.0589. The molecule has 1 aliphatic rings. The number of sulfone groups is 1. The van der Waals surface area contributed by atoms with E-state index in [0.717, 1.165) is 16.8 Å². The van der Waals surface area contributed by atoms with Gasteiger partial charge >= 0.3 is 0 Å². The molecule has 1 saturated heterocycles. The van der Waals surface area contributed by atoms with Crippen molar-refractivity contribution in [3.63, 3.8) is 0 Å². The number of aromatic nitrogens is 2. The van der Waals surface area contributed by atoms with Crippen LogP contribution in [0.5, 0.6) is 5.75 Å². The van der Waals surface area contributed by atoms with Gasteiger partial charge in [-0.15, -0.1) is 0 Å².